The van der Waals surface area contributed by atoms with E-state index in [0.29, 0.717) is 54.9 Å². The first-order valence-corrected chi connectivity index (χ1v) is 20.7. The van der Waals surface area contributed by atoms with E-state index in [9.17, 15) is 33.6 Å². The number of nitrogens with zero attached hydrogens (tertiary/aromatic N) is 4. The number of halogens is 1. The molecular weight excluding hydrogens is 781 g/mol. The number of benzene rings is 2. The molecule has 0 saturated carbocycles. The molecule has 7 rings (SSSR count). The van der Waals surface area contributed by atoms with Gasteiger partial charge in [-0.15, -0.1) is 0 Å². The smallest absolute Gasteiger partial charge is 0.281 e. The SMILES string of the molecule is NCCCN1CCSC1=O.O=C1NCCS1.O=C1SCCN1CCCN1C(=O)c2ccccc2C1=O.O=C1c2ccccc2C(=O)N1CCCBr. The van der Waals surface area contributed by atoms with Crippen molar-refractivity contribution in [2.24, 2.45) is 5.73 Å². The molecule has 3 saturated heterocycles. The summed E-state index contributed by atoms with van der Waals surface area (Å²) in [6.45, 7) is 5.47. The van der Waals surface area contributed by atoms with Crippen LogP contribution in [0.5, 0.6) is 0 Å². The van der Waals surface area contributed by atoms with Crippen LogP contribution in [0.15, 0.2) is 48.5 Å². The highest BCUT2D eigenvalue weighted by Gasteiger charge is 2.35. The van der Waals surface area contributed by atoms with Crippen molar-refractivity contribution in [1.29, 1.82) is 0 Å². The van der Waals surface area contributed by atoms with Crippen molar-refractivity contribution in [2.45, 2.75) is 19.3 Å². The number of carbonyl (C=O) groups is 7. The number of nitrogens with one attached hydrogen (secondary N) is 1. The van der Waals surface area contributed by atoms with E-state index < -0.39 is 0 Å². The Balaban J connectivity index is 0.000000165. The van der Waals surface area contributed by atoms with Crippen molar-refractivity contribution in [3.63, 3.8) is 0 Å². The van der Waals surface area contributed by atoms with E-state index >= 15 is 0 Å². The molecule has 274 valence electrons. The third-order valence-corrected chi connectivity index (χ3v) is 11.2. The molecule has 3 fully saturated rings. The Kier molecular flexibility index (Phi) is 16.3. The standard InChI is InChI=1S/C14H14N2O3S.C11H10BrNO2.C6H12N2OS.C3H5NOS/c17-12-10-4-1-2-5-11(10)13(18)16(12)7-3-6-15-8-9-20-14(15)19;12-6-3-7-13-10(14)8-4-1-2-5-9(8)11(13)15;7-2-1-3-8-4-5-10-6(8)9;5-3-4-1-2-6-3/h1-2,4-5H,3,6-9H2;1-2,4-5H,3,6-7H2;1-5,7H2;1-2H2,(H,4,5). The number of hydrogen-bond acceptors (Lipinski definition) is 11. The van der Waals surface area contributed by atoms with Crippen LogP contribution in [0.1, 0.15) is 60.7 Å². The second-order valence-corrected chi connectivity index (χ2v) is 15.4. The summed E-state index contributed by atoms with van der Waals surface area (Å²) in [6, 6.07) is 13.8. The highest BCUT2D eigenvalue weighted by Crippen LogP contribution is 2.24. The lowest BCUT2D eigenvalue weighted by atomic mass is 10.1. The first-order valence-electron chi connectivity index (χ1n) is 16.6. The van der Waals surface area contributed by atoms with Crippen LogP contribution in [0.25, 0.3) is 0 Å². The van der Waals surface area contributed by atoms with E-state index in [1.807, 2.05) is 4.90 Å². The van der Waals surface area contributed by atoms with E-state index in [2.05, 4.69) is 21.2 Å². The van der Waals surface area contributed by atoms with Crippen molar-refractivity contribution < 1.29 is 33.6 Å². The topological polar surface area (TPSA) is 170 Å². The van der Waals surface area contributed by atoms with Gasteiger partial charge in [-0.3, -0.25) is 43.4 Å². The zero-order valence-corrected chi connectivity index (χ0v) is 32.1. The van der Waals surface area contributed by atoms with Gasteiger partial charge < -0.3 is 20.9 Å². The van der Waals surface area contributed by atoms with Crippen molar-refractivity contribution in [3.05, 3.63) is 70.8 Å². The van der Waals surface area contributed by atoms with Gasteiger partial charge in [0.15, 0.2) is 0 Å². The number of imide groups is 2. The quantitative estimate of drug-likeness (QED) is 0.248. The average Bonchev–Trinajstić information content (AvgIpc) is 3.98. The molecule has 0 spiro atoms. The van der Waals surface area contributed by atoms with Crippen LogP contribution in [-0.2, 0) is 0 Å². The van der Waals surface area contributed by atoms with Gasteiger partial charge in [0.1, 0.15) is 0 Å². The molecule has 0 aliphatic carbocycles. The molecule has 3 N–H and O–H groups in total. The number of amides is 7. The summed E-state index contributed by atoms with van der Waals surface area (Å²) >= 11 is 7.35. The fourth-order valence-electron chi connectivity index (χ4n) is 5.41. The Hall–Kier alpha value is -3.38. The van der Waals surface area contributed by atoms with E-state index in [4.69, 9.17) is 5.73 Å². The van der Waals surface area contributed by atoms with E-state index in [1.54, 1.807) is 53.4 Å². The van der Waals surface area contributed by atoms with Crippen LogP contribution in [0, 0.1) is 0 Å². The predicted octanol–water partition coefficient (Wildman–Crippen LogP) is 4.86. The molecule has 51 heavy (non-hydrogen) atoms. The summed E-state index contributed by atoms with van der Waals surface area (Å²) in [5.74, 6) is 1.92. The van der Waals surface area contributed by atoms with Crippen LogP contribution in [0.2, 0.25) is 0 Å². The minimum Gasteiger partial charge on any atom is -0.346 e. The molecular formula is C34H41BrN6O7S3. The molecule has 7 amide bonds. The van der Waals surface area contributed by atoms with Crippen LogP contribution >= 0.6 is 51.2 Å². The highest BCUT2D eigenvalue weighted by molar-refractivity contribution is 9.09. The number of nitrogens with two attached hydrogens (primary N) is 1. The maximum absolute atomic E-state index is 12.1. The fraction of sp³-hybridized carbons (Fsp3) is 0.441. The van der Waals surface area contributed by atoms with Gasteiger partial charge >= 0.3 is 0 Å². The molecule has 17 heteroatoms. The molecule has 2 aromatic rings. The Morgan fingerprint density at radius 3 is 1.33 bits per heavy atom. The number of rotatable bonds is 10. The third kappa shape index (κ3) is 11.1. The molecule has 5 heterocycles. The number of carbonyl (C=O) groups excluding carboxylic acids is 7. The first-order chi connectivity index (χ1) is 24.7. The number of thioether (sulfide) groups is 3. The van der Waals surface area contributed by atoms with Gasteiger partial charge in [0.05, 0.1) is 22.3 Å². The van der Waals surface area contributed by atoms with Crippen molar-refractivity contribution in [2.75, 3.05) is 74.9 Å². The molecule has 0 bridgehead atoms. The van der Waals surface area contributed by atoms with Crippen LogP contribution in [0.3, 0.4) is 0 Å². The molecule has 13 nitrogen and oxygen atoms in total. The van der Waals surface area contributed by atoms with Crippen molar-refractivity contribution in [3.8, 4) is 0 Å². The fourth-order valence-corrected chi connectivity index (χ4v) is 7.96. The van der Waals surface area contributed by atoms with Gasteiger partial charge in [0, 0.05) is 68.4 Å². The normalized spacial score (nSPS) is 17.5. The average molecular weight is 822 g/mol. The van der Waals surface area contributed by atoms with Crippen molar-refractivity contribution >= 4 is 90.6 Å². The largest absolute Gasteiger partial charge is 0.346 e. The summed E-state index contributed by atoms with van der Waals surface area (Å²) in [6.07, 6.45) is 2.33. The maximum Gasteiger partial charge on any atom is 0.281 e. The monoisotopic (exact) mass is 820 g/mol. The Bertz CT molecular complexity index is 1540. The van der Waals surface area contributed by atoms with Crippen molar-refractivity contribution in [1.82, 2.24) is 24.9 Å². The van der Waals surface area contributed by atoms with Crippen LogP contribution in [0.4, 0.5) is 14.4 Å². The van der Waals surface area contributed by atoms with Crippen LogP contribution < -0.4 is 11.1 Å². The number of hydrogen-bond donors (Lipinski definition) is 2. The van der Waals surface area contributed by atoms with E-state index in [-0.39, 0.29) is 39.3 Å². The van der Waals surface area contributed by atoms with Gasteiger partial charge in [-0.25, -0.2) is 0 Å². The molecule has 0 aromatic heterocycles. The summed E-state index contributed by atoms with van der Waals surface area (Å²) in [7, 11) is 0. The summed E-state index contributed by atoms with van der Waals surface area (Å²) in [5.41, 5.74) is 7.31. The maximum atomic E-state index is 12.1. The molecule has 5 aliphatic heterocycles. The number of fused-ring (bicyclic) bond motifs is 2. The van der Waals surface area contributed by atoms with Gasteiger partial charge in [0.2, 0.25) is 0 Å². The van der Waals surface area contributed by atoms with Gasteiger partial charge in [-0.2, -0.15) is 0 Å². The zero-order chi connectivity index (χ0) is 36.8. The Morgan fingerprint density at radius 2 is 1.02 bits per heavy atom. The first kappa shape index (κ1) is 40.4. The Labute approximate surface area is 318 Å². The second-order valence-electron chi connectivity index (χ2n) is 11.4. The lowest BCUT2D eigenvalue weighted by Gasteiger charge is -2.17. The zero-order valence-electron chi connectivity index (χ0n) is 28.1. The molecule has 2 aromatic carbocycles. The lowest BCUT2D eigenvalue weighted by Crippen LogP contribution is -2.33. The summed E-state index contributed by atoms with van der Waals surface area (Å²) in [5, 5.41) is 3.86. The Morgan fingerprint density at radius 1 is 0.588 bits per heavy atom. The lowest BCUT2D eigenvalue weighted by molar-refractivity contribution is 0.0636. The predicted molar refractivity (Wildman–Crippen MR) is 205 cm³/mol. The van der Waals surface area contributed by atoms with E-state index in [0.717, 1.165) is 61.6 Å². The molecule has 5 aliphatic rings. The molecule has 0 atom stereocenters. The summed E-state index contributed by atoms with van der Waals surface area (Å²) in [4.78, 5) is 86.5. The molecule has 0 radical (unpaired) electrons. The van der Waals surface area contributed by atoms with E-state index in [1.165, 1.54) is 45.1 Å². The number of alkyl halides is 1. The minimum atomic E-state index is -0.229. The molecule has 0 unspecified atom stereocenters. The second kappa shape index (κ2) is 20.6. The van der Waals surface area contributed by atoms with Gasteiger partial charge in [-0.1, -0.05) is 75.5 Å². The summed E-state index contributed by atoms with van der Waals surface area (Å²) < 4.78 is 0. The van der Waals surface area contributed by atoms with Gasteiger partial charge in [0.25, 0.3) is 39.3 Å². The highest BCUT2D eigenvalue weighted by atomic mass is 79.9. The van der Waals surface area contributed by atoms with Crippen LogP contribution in [-0.4, -0.2) is 134 Å². The van der Waals surface area contributed by atoms with Gasteiger partial charge in [-0.05, 0) is 50.1 Å². The minimum absolute atomic E-state index is 0.0901. The third-order valence-electron chi connectivity index (χ3n) is 8.01.